The zero-order chi connectivity index (χ0) is 27.2. The van der Waals surface area contributed by atoms with E-state index < -0.39 is 0 Å². The molecule has 1 atom stereocenters. The number of aryl methyl sites for hydroxylation is 2. The number of nitrogens with one attached hydrogen (secondary N) is 1. The lowest BCUT2D eigenvalue weighted by atomic mass is 9.92. The van der Waals surface area contributed by atoms with E-state index in [9.17, 15) is 0 Å². The number of aromatic nitrogens is 2. The van der Waals surface area contributed by atoms with Gasteiger partial charge in [-0.2, -0.15) is 5.10 Å². The SMILES string of the molecule is CCc1ccc([C@@H]2c3c(C)nn(-c4ccccc4)c3N=C3C(Nc4ccc(Cl)cc4)=Nc4ccccc4N32)cc1. The molecule has 0 aliphatic carbocycles. The van der Waals surface area contributed by atoms with E-state index in [0.717, 1.165) is 52.1 Å². The Labute approximate surface area is 238 Å². The molecule has 0 bridgehead atoms. The summed E-state index contributed by atoms with van der Waals surface area (Å²) < 4.78 is 1.95. The number of hydrogen-bond donors (Lipinski definition) is 1. The van der Waals surface area contributed by atoms with E-state index in [1.54, 1.807) is 0 Å². The molecular formula is C33H27ClN6. The van der Waals surface area contributed by atoms with Crippen LogP contribution in [0.25, 0.3) is 5.69 Å². The van der Waals surface area contributed by atoms with Crippen LogP contribution in [-0.2, 0) is 6.42 Å². The van der Waals surface area contributed by atoms with E-state index in [-0.39, 0.29) is 6.04 Å². The van der Waals surface area contributed by atoms with Crippen molar-refractivity contribution in [3.63, 3.8) is 0 Å². The average Bonchev–Trinajstić information content (AvgIpc) is 3.33. The Morgan fingerprint density at radius 1 is 0.825 bits per heavy atom. The average molecular weight is 543 g/mol. The lowest BCUT2D eigenvalue weighted by molar-refractivity contribution is 0.814. The number of amidine groups is 2. The predicted molar refractivity (Wildman–Crippen MR) is 164 cm³/mol. The van der Waals surface area contributed by atoms with Gasteiger partial charge in [-0.3, -0.25) is 0 Å². The van der Waals surface area contributed by atoms with Gasteiger partial charge in [0.1, 0.15) is 0 Å². The van der Waals surface area contributed by atoms with Gasteiger partial charge < -0.3 is 10.2 Å². The maximum atomic E-state index is 6.18. The third-order valence-electron chi connectivity index (χ3n) is 7.45. The molecule has 3 heterocycles. The molecule has 0 spiro atoms. The van der Waals surface area contributed by atoms with Gasteiger partial charge in [-0.05, 0) is 73.0 Å². The van der Waals surface area contributed by atoms with Gasteiger partial charge in [0.2, 0.25) is 0 Å². The Morgan fingerprint density at radius 2 is 1.55 bits per heavy atom. The minimum atomic E-state index is -0.149. The molecule has 7 heteroatoms. The largest absolute Gasteiger partial charge is 0.337 e. The van der Waals surface area contributed by atoms with Crippen molar-refractivity contribution in [3.8, 4) is 5.69 Å². The normalized spacial score (nSPS) is 15.5. The topological polar surface area (TPSA) is 57.8 Å². The standard InChI is InChI=1S/C33H27ClN6/c1-3-22-13-15-23(16-14-22)30-29-21(2)38-40(26-9-5-4-6-10-26)32(29)37-33-31(35-25-19-17-24(34)18-20-25)36-27-11-7-8-12-28(27)39(30)33/h4-20,30H,3H2,1-2H3,(H,35,36)/t30-/m1/s1. The van der Waals surface area contributed by atoms with Crippen LogP contribution in [-0.4, -0.2) is 21.5 Å². The highest BCUT2D eigenvalue weighted by molar-refractivity contribution is 6.51. The van der Waals surface area contributed by atoms with E-state index in [1.807, 2.05) is 59.3 Å². The quantitative estimate of drug-likeness (QED) is 0.249. The summed E-state index contributed by atoms with van der Waals surface area (Å²) in [6.07, 6.45) is 0.988. The van der Waals surface area contributed by atoms with Crippen molar-refractivity contribution < 1.29 is 0 Å². The van der Waals surface area contributed by atoms with Crippen molar-refractivity contribution >= 4 is 46.2 Å². The first-order valence-electron chi connectivity index (χ1n) is 13.4. The first-order valence-corrected chi connectivity index (χ1v) is 13.8. The van der Waals surface area contributed by atoms with Gasteiger partial charge in [-0.1, -0.05) is 73.1 Å². The Bertz CT molecular complexity index is 1770. The lowest BCUT2D eigenvalue weighted by Gasteiger charge is -2.40. The van der Waals surface area contributed by atoms with Gasteiger partial charge in [-0.25, -0.2) is 14.7 Å². The molecule has 1 aromatic heterocycles. The molecule has 0 saturated carbocycles. The second-order valence-corrected chi connectivity index (χ2v) is 10.4. The second kappa shape index (κ2) is 9.81. The number of fused-ring (bicyclic) bond motifs is 4. The number of aliphatic imine (C=N–C) groups is 2. The van der Waals surface area contributed by atoms with E-state index >= 15 is 0 Å². The van der Waals surface area contributed by atoms with Crippen molar-refractivity contribution in [2.24, 2.45) is 9.98 Å². The molecule has 196 valence electrons. The van der Waals surface area contributed by atoms with Crippen molar-refractivity contribution in [2.75, 3.05) is 10.2 Å². The van der Waals surface area contributed by atoms with Crippen molar-refractivity contribution in [1.82, 2.24) is 9.78 Å². The number of anilines is 2. The van der Waals surface area contributed by atoms with Crippen LogP contribution in [0, 0.1) is 6.92 Å². The molecule has 6 nitrogen and oxygen atoms in total. The van der Waals surface area contributed by atoms with Gasteiger partial charge >= 0.3 is 0 Å². The number of rotatable bonds is 4. The smallest absolute Gasteiger partial charge is 0.179 e. The second-order valence-electron chi connectivity index (χ2n) is 9.95. The molecule has 40 heavy (non-hydrogen) atoms. The molecule has 0 radical (unpaired) electrons. The fraction of sp³-hybridized carbons (Fsp3) is 0.121. The summed E-state index contributed by atoms with van der Waals surface area (Å²) in [4.78, 5) is 12.6. The summed E-state index contributed by atoms with van der Waals surface area (Å²) in [5.74, 6) is 2.22. The summed E-state index contributed by atoms with van der Waals surface area (Å²) in [5, 5.41) is 9.22. The van der Waals surface area contributed by atoms with Crippen LogP contribution >= 0.6 is 11.6 Å². The van der Waals surface area contributed by atoms with E-state index in [0.29, 0.717) is 10.9 Å². The van der Waals surface area contributed by atoms with Gasteiger partial charge in [0.05, 0.1) is 28.8 Å². The number of halogens is 1. The molecule has 2 aliphatic heterocycles. The van der Waals surface area contributed by atoms with Crippen molar-refractivity contribution in [2.45, 2.75) is 26.3 Å². The third-order valence-corrected chi connectivity index (χ3v) is 7.70. The summed E-state index contributed by atoms with van der Waals surface area (Å²) >= 11 is 6.18. The lowest BCUT2D eigenvalue weighted by Crippen LogP contribution is -2.46. The van der Waals surface area contributed by atoms with Crippen molar-refractivity contribution in [1.29, 1.82) is 0 Å². The first-order chi connectivity index (χ1) is 19.6. The zero-order valence-electron chi connectivity index (χ0n) is 22.2. The number of nitrogens with zero attached hydrogens (tertiary/aromatic N) is 5. The maximum Gasteiger partial charge on any atom is 0.179 e. The molecule has 4 aromatic carbocycles. The molecule has 2 aliphatic rings. The Hall–Kier alpha value is -4.68. The van der Waals surface area contributed by atoms with Gasteiger partial charge in [0.15, 0.2) is 17.5 Å². The monoisotopic (exact) mass is 542 g/mol. The minimum absolute atomic E-state index is 0.149. The van der Waals surface area contributed by atoms with Crippen molar-refractivity contribution in [3.05, 3.63) is 131 Å². The molecule has 7 rings (SSSR count). The number of hydrogen-bond acceptors (Lipinski definition) is 5. The highest BCUT2D eigenvalue weighted by atomic mass is 35.5. The van der Waals surface area contributed by atoms with Crippen LogP contribution in [0.3, 0.4) is 0 Å². The maximum absolute atomic E-state index is 6.18. The van der Waals surface area contributed by atoms with Gasteiger partial charge in [0.25, 0.3) is 0 Å². The van der Waals surface area contributed by atoms with Crippen LogP contribution in [0.1, 0.15) is 35.3 Å². The molecule has 5 aromatic rings. The van der Waals surface area contributed by atoms with E-state index in [1.165, 1.54) is 11.1 Å². The molecular weight excluding hydrogens is 516 g/mol. The van der Waals surface area contributed by atoms with Crippen LogP contribution in [0.4, 0.5) is 22.9 Å². The van der Waals surface area contributed by atoms with Crippen LogP contribution in [0.15, 0.2) is 113 Å². The molecule has 0 saturated heterocycles. The number of para-hydroxylation sites is 3. The van der Waals surface area contributed by atoms with E-state index in [4.69, 9.17) is 26.7 Å². The fourth-order valence-corrected chi connectivity index (χ4v) is 5.59. The Kier molecular flexibility index (Phi) is 5.98. The van der Waals surface area contributed by atoms with Crippen LogP contribution < -0.4 is 10.2 Å². The van der Waals surface area contributed by atoms with Gasteiger partial charge in [0, 0.05) is 16.3 Å². The molecule has 0 unspecified atom stereocenters. The zero-order valence-corrected chi connectivity index (χ0v) is 23.0. The fourth-order valence-electron chi connectivity index (χ4n) is 5.47. The molecule has 0 fully saturated rings. The number of benzene rings is 4. The summed E-state index contributed by atoms with van der Waals surface area (Å²) in [7, 11) is 0. The predicted octanol–water partition coefficient (Wildman–Crippen LogP) is 8.19. The minimum Gasteiger partial charge on any atom is -0.337 e. The van der Waals surface area contributed by atoms with Crippen LogP contribution in [0.5, 0.6) is 0 Å². The van der Waals surface area contributed by atoms with Crippen LogP contribution in [0.2, 0.25) is 5.02 Å². The first kappa shape index (κ1) is 24.4. The highest BCUT2D eigenvalue weighted by Gasteiger charge is 2.41. The third kappa shape index (κ3) is 4.08. The Morgan fingerprint density at radius 3 is 2.30 bits per heavy atom. The summed E-state index contributed by atoms with van der Waals surface area (Å²) in [6.45, 7) is 4.25. The molecule has 1 N–H and O–H groups in total. The molecule has 0 amide bonds. The summed E-state index contributed by atoms with van der Waals surface area (Å²) in [6, 6.07) is 34.8. The van der Waals surface area contributed by atoms with E-state index in [2.05, 4.69) is 72.6 Å². The summed E-state index contributed by atoms with van der Waals surface area (Å²) in [5.41, 5.74) is 8.23. The highest BCUT2D eigenvalue weighted by Crippen LogP contribution is 2.48. The van der Waals surface area contributed by atoms with Gasteiger partial charge in [-0.15, -0.1) is 0 Å². The Balaban J connectivity index is 1.48.